The molecule has 2 aromatic heterocycles. The fraction of sp³-hybridized carbons (Fsp3) is 0.273. The van der Waals surface area contributed by atoms with E-state index in [-0.39, 0.29) is 11.7 Å². The number of thiazole rings is 1. The molecule has 1 unspecified atom stereocenters. The summed E-state index contributed by atoms with van der Waals surface area (Å²) in [5.41, 5.74) is -0.0810. The average molecular weight is 264 g/mol. The predicted molar refractivity (Wildman–Crippen MR) is 67.9 cm³/mol. The maximum atomic E-state index is 10.8. The minimum atomic E-state index is -1.09. The molecule has 0 saturated heterocycles. The average Bonchev–Trinajstić information content (AvgIpc) is 2.76. The Hall–Kier alpha value is -2.02. The summed E-state index contributed by atoms with van der Waals surface area (Å²) >= 11 is 1.59. The number of carboxylic acids is 1. The quantitative estimate of drug-likeness (QED) is 0.879. The Morgan fingerprint density at radius 1 is 1.44 bits per heavy atom. The van der Waals surface area contributed by atoms with E-state index in [0.717, 1.165) is 9.88 Å². The lowest BCUT2D eigenvalue weighted by Crippen LogP contribution is -2.10. The van der Waals surface area contributed by atoms with Crippen molar-refractivity contribution < 1.29 is 9.90 Å². The van der Waals surface area contributed by atoms with Crippen molar-refractivity contribution in [1.29, 1.82) is 0 Å². The molecule has 0 aliphatic rings. The van der Waals surface area contributed by atoms with Crippen molar-refractivity contribution >= 4 is 23.1 Å². The van der Waals surface area contributed by atoms with Gasteiger partial charge in [-0.05, 0) is 13.8 Å². The molecule has 1 atom stereocenters. The lowest BCUT2D eigenvalue weighted by molar-refractivity contribution is 0.0690. The van der Waals surface area contributed by atoms with Crippen LogP contribution in [0.1, 0.15) is 33.3 Å². The van der Waals surface area contributed by atoms with Crippen LogP contribution in [0.5, 0.6) is 0 Å². The van der Waals surface area contributed by atoms with Crippen LogP contribution in [0.15, 0.2) is 18.6 Å². The molecule has 0 amide bonds. The van der Waals surface area contributed by atoms with Gasteiger partial charge in [-0.3, -0.25) is 4.98 Å². The van der Waals surface area contributed by atoms with Gasteiger partial charge in [0.2, 0.25) is 0 Å². The second-order valence-electron chi connectivity index (χ2n) is 3.77. The van der Waals surface area contributed by atoms with Crippen LogP contribution in [-0.2, 0) is 0 Å². The molecule has 0 radical (unpaired) electrons. The molecule has 2 heterocycles. The second-order valence-corrected chi connectivity index (χ2v) is 5.04. The van der Waals surface area contributed by atoms with Crippen molar-refractivity contribution in [3.8, 4) is 0 Å². The number of aryl methyl sites for hydroxylation is 1. The number of hydrogen-bond acceptors (Lipinski definition) is 6. The zero-order valence-electron chi connectivity index (χ0n) is 9.91. The third kappa shape index (κ3) is 2.80. The Morgan fingerprint density at radius 3 is 2.83 bits per heavy atom. The first kappa shape index (κ1) is 12.4. The van der Waals surface area contributed by atoms with Crippen molar-refractivity contribution in [2.45, 2.75) is 19.9 Å². The van der Waals surface area contributed by atoms with Gasteiger partial charge in [0.15, 0.2) is 5.69 Å². The van der Waals surface area contributed by atoms with Crippen LogP contribution in [0.25, 0.3) is 0 Å². The first-order valence-corrected chi connectivity index (χ1v) is 6.12. The van der Waals surface area contributed by atoms with Gasteiger partial charge >= 0.3 is 5.97 Å². The highest BCUT2D eigenvalue weighted by atomic mass is 32.1. The van der Waals surface area contributed by atoms with Crippen LogP contribution >= 0.6 is 11.3 Å². The molecule has 6 nitrogen and oxygen atoms in total. The van der Waals surface area contributed by atoms with Gasteiger partial charge in [0.25, 0.3) is 0 Å². The van der Waals surface area contributed by atoms with Gasteiger partial charge in [0.05, 0.1) is 18.4 Å². The highest BCUT2D eigenvalue weighted by molar-refractivity contribution is 7.11. The van der Waals surface area contributed by atoms with Crippen LogP contribution in [-0.4, -0.2) is 26.0 Å². The smallest absolute Gasteiger partial charge is 0.356 e. The molecule has 0 aromatic carbocycles. The van der Waals surface area contributed by atoms with Gasteiger partial charge in [0, 0.05) is 11.1 Å². The van der Waals surface area contributed by atoms with Crippen LogP contribution in [0.4, 0.5) is 5.82 Å². The molecule has 94 valence electrons. The summed E-state index contributed by atoms with van der Waals surface area (Å²) in [5.74, 6) is -0.667. The van der Waals surface area contributed by atoms with Crippen LogP contribution in [0, 0.1) is 6.92 Å². The summed E-state index contributed by atoms with van der Waals surface area (Å²) < 4.78 is 0. The van der Waals surface area contributed by atoms with Gasteiger partial charge in [-0.2, -0.15) is 0 Å². The zero-order chi connectivity index (χ0) is 13.1. The predicted octanol–water partition coefficient (Wildman–Crippen LogP) is 2.11. The van der Waals surface area contributed by atoms with Gasteiger partial charge < -0.3 is 10.4 Å². The normalized spacial score (nSPS) is 12.1. The molecule has 2 aromatic rings. The molecule has 18 heavy (non-hydrogen) atoms. The summed E-state index contributed by atoms with van der Waals surface area (Å²) in [4.78, 5) is 23.9. The molecule has 0 saturated carbocycles. The molecule has 2 rings (SSSR count). The number of rotatable bonds is 4. The Kier molecular flexibility index (Phi) is 3.52. The van der Waals surface area contributed by atoms with Gasteiger partial charge in [-0.25, -0.2) is 14.8 Å². The SMILES string of the molecule is Cc1cnc(C(C)Nc2cncc(C(=O)O)n2)s1. The summed E-state index contributed by atoms with van der Waals surface area (Å²) in [7, 11) is 0. The van der Waals surface area contributed by atoms with Crippen LogP contribution < -0.4 is 5.32 Å². The monoisotopic (exact) mass is 264 g/mol. The number of carboxylic acid groups (broad SMARTS) is 1. The summed E-state index contributed by atoms with van der Waals surface area (Å²) in [6.45, 7) is 3.92. The third-order valence-corrected chi connectivity index (χ3v) is 3.32. The third-order valence-electron chi connectivity index (χ3n) is 2.23. The van der Waals surface area contributed by atoms with E-state index in [0.29, 0.717) is 5.82 Å². The molecule has 0 aliphatic heterocycles. The van der Waals surface area contributed by atoms with E-state index in [1.807, 2.05) is 13.8 Å². The van der Waals surface area contributed by atoms with E-state index in [1.54, 1.807) is 17.5 Å². The summed E-state index contributed by atoms with van der Waals surface area (Å²) in [6.07, 6.45) is 4.51. The van der Waals surface area contributed by atoms with E-state index in [4.69, 9.17) is 5.11 Å². The minimum absolute atomic E-state index is 0.0398. The van der Waals surface area contributed by atoms with E-state index in [2.05, 4.69) is 20.3 Å². The standard InChI is InChI=1S/C11H12N4O2S/c1-6-3-13-10(18-6)7(2)14-9-5-12-4-8(15-9)11(16)17/h3-5,7H,1-2H3,(H,14,15)(H,16,17). The molecule has 7 heteroatoms. The van der Waals surface area contributed by atoms with E-state index >= 15 is 0 Å². The molecule has 0 fully saturated rings. The molecular weight excluding hydrogens is 252 g/mol. The Labute approximate surface area is 108 Å². The molecule has 0 aliphatic carbocycles. The van der Waals surface area contributed by atoms with E-state index in [1.165, 1.54) is 12.4 Å². The summed E-state index contributed by atoms with van der Waals surface area (Å²) in [5, 5.41) is 12.8. The first-order chi connectivity index (χ1) is 8.56. The Morgan fingerprint density at radius 2 is 2.22 bits per heavy atom. The number of carbonyl (C=O) groups is 1. The second kappa shape index (κ2) is 5.09. The highest BCUT2D eigenvalue weighted by Gasteiger charge is 2.12. The highest BCUT2D eigenvalue weighted by Crippen LogP contribution is 2.22. The largest absolute Gasteiger partial charge is 0.476 e. The first-order valence-electron chi connectivity index (χ1n) is 5.30. The van der Waals surface area contributed by atoms with Crippen molar-refractivity contribution in [3.05, 3.63) is 34.2 Å². The van der Waals surface area contributed by atoms with Crippen LogP contribution in [0.2, 0.25) is 0 Å². The number of aromatic nitrogens is 3. The zero-order valence-corrected chi connectivity index (χ0v) is 10.7. The maximum absolute atomic E-state index is 10.8. The van der Waals surface area contributed by atoms with Gasteiger partial charge in [-0.1, -0.05) is 0 Å². The molecule has 0 spiro atoms. The maximum Gasteiger partial charge on any atom is 0.356 e. The Balaban J connectivity index is 2.14. The number of anilines is 1. The number of nitrogens with zero attached hydrogens (tertiary/aromatic N) is 3. The van der Waals surface area contributed by atoms with Crippen molar-refractivity contribution in [1.82, 2.24) is 15.0 Å². The number of nitrogens with one attached hydrogen (secondary N) is 1. The fourth-order valence-electron chi connectivity index (χ4n) is 1.39. The summed E-state index contributed by atoms with van der Waals surface area (Å²) in [6, 6.07) is -0.0398. The van der Waals surface area contributed by atoms with Gasteiger partial charge in [-0.15, -0.1) is 11.3 Å². The van der Waals surface area contributed by atoms with E-state index in [9.17, 15) is 4.79 Å². The molecule has 2 N–H and O–H groups in total. The number of aromatic carboxylic acids is 1. The topological polar surface area (TPSA) is 88.0 Å². The minimum Gasteiger partial charge on any atom is -0.476 e. The lowest BCUT2D eigenvalue weighted by Gasteiger charge is -2.11. The fourth-order valence-corrected chi connectivity index (χ4v) is 2.17. The molecule has 0 bridgehead atoms. The van der Waals surface area contributed by atoms with Crippen molar-refractivity contribution in [2.75, 3.05) is 5.32 Å². The molecular formula is C11H12N4O2S. The van der Waals surface area contributed by atoms with Gasteiger partial charge in [0.1, 0.15) is 10.8 Å². The lowest BCUT2D eigenvalue weighted by atomic mass is 10.3. The Bertz CT molecular complexity index is 570. The van der Waals surface area contributed by atoms with Crippen molar-refractivity contribution in [2.24, 2.45) is 0 Å². The van der Waals surface area contributed by atoms with Crippen LogP contribution in [0.3, 0.4) is 0 Å². The number of hydrogen-bond donors (Lipinski definition) is 2. The van der Waals surface area contributed by atoms with Crippen molar-refractivity contribution in [3.63, 3.8) is 0 Å². The van der Waals surface area contributed by atoms with E-state index < -0.39 is 5.97 Å².